The summed E-state index contributed by atoms with van der Waals surface area (Å²) in [5, 5.41) is 25.2. The number of nitro groups is 1. The van der Waals surface area contributed by atoms with Gasteiger partial charge in [0, 0.05) is 11.6 Å². The molecule has 0 aromatic heterocycles. The van der Waals surface area contributed by atoms with Crippen LogP contribution in [0.5, 0.6) is 5.75 Å². The zero-order valence-corrected chi connectivity index (χ0v) is 13.1. The summed E-state index contributed by atoms with van der Waals surface area (Å²) >= 11 is 0. The van der Waals surface area contributed by atoms with Crippen LogP contribution in [0.2, 0.25) is 0 Å². The number of allylic oxidation sites excluding steroid dienone is 2. The predicted octanol–water partition coefficient (Wildman–Crippen LogP) is 1.83. The third kappa shape index (κ3) is 2.33. The van der Waals surface area contributed by atoms with Gasteiger partial charge in [0.1, 0.15) is 0 Å². The molecular formula is C17H15N3O5. The summed E-state index contributed by atoms with van der Waals surface area (Å²) in [5.41, 5.74) is -0.139. The number of rotatable bonds is 3. The van der Waals surface area contributed by atoms with E-state index in [4.69, 9.17) is 0 Å². The topological polar surface area (TPSA) is 113 Å². The number of phenols is 1. The summed E-state index contributed by atoms with van der Waals surface area (Å²) in [7, 11) is 0. The molecule has 3 aliphatic carbocycles. The van der Waals surface area contributed by atoms with Gasteiger partial charge in [-0.2, -0.15) is 10.1 Å². The van der Waals surface area contributed by atoms with Gasteiger partial charge in [0.05, 0.1) is 23.0 Å². The van der Waals surface area contributed by atoms with Gasteiger partial charge in [-0.15, -0.1) is 0 Å². The Labute approximate surface area is 142 Å². The molecule has 4 atom stereocenters. The lowest BCUT2D eigenvalue weighted by atomic mass is 9.63. The van der Waals surface area contributed by atoms with Gasteiger partial charge in [-0.25, -0.2) is 0 Å². The van der Waals surface area contributed by atoms with Crippen molar-refractivity contribution in [2.75, 3.05) is 0 Å². The van der Waals surface area contributed by atoms with Gasteiger partial charge in [0.2, 0.25) is 0 Å². The Kier molecular flexibility index (Phi) is 3.41. The van der Waals surface area contributed by atoms with Crippen LogP contribution < -0.4 is 0 Å². The van der Waals surface area contributed by atoms with Crippen LogP contribution in [0.15, 0.2) is 35.5 Å². The molecule has 0 unspecified atom stereocenters. The van der Waals surface area contributed by atoms with Crippen molar-refractivity contribution in [1.29, 1.82) is 0 Å². The molecule has 8 nitrogen and oxygen atoms in total. The van der Waals surface area contributed by atoms with Gasteiger partial charge < -0.3 is 5.11 Å². The molecule has 1 aliphatic heterocycles. The van der Waals surface area contributed by atoms with Gasteiger partial charge in [0.25, 0.3) is 11.8 Å². The van der Waals surface area contributed by atoms with Crippen molar-refractivity contribution in [3.63, 3.8) is 0 Å². The molecule has 0 spiro atoms. The number of hydrazone groups is 1. The van der Waals surface area contributed by atoms with Crippen molar-refractivity contribution in [3.05, 3.63) is 46.0 Å². The van der Waals surface area contributed by atoms with Crippen molar-refractivity contribution in [2.24, 2.45) is 28.8 Å². The summed E-state index contributed by atoms with van der Waals surface area (Å²) in [5.74, 6) is -1.59. The van der Waals surface area contributed by atoms with Crippen LogP contribution in [-0.4, -0.2) is 33.1 Å². The maximum atomic E-state index is 12.6. The number of phenolic OH excluding ortho intramolecular Hbond substituents is 1. The number of benzene rings is 1. The number of imide groups is 1. The van der Waals surface area contributed by atoms with Gasteiger partial charge in [-0.1, -0.05) is 12.2 Å². The predicted molar refractivity (Wildman–Crippen MR) is 86.5 cm³/mol. The van der Waals surface area contributed by atoms with Gasteiger partial charge >= 0.3 is 5.69 Å². The lowest BCUT2D eigenvalue weighted by Crippen LogP contribution is -2.38. The zero-order valence-electron chi connectivity index (χ0n) is 13.1. The Morgan fingerprint density at radius 3 is 2.28 bits per heavy atom. The lowest BCUT2D eigenvalue weighted by Gasteiger charge is -2.37. The molecule has 128 valence electrons. The van der Waals surface area contributed by atoms with E-state index in [1.807, 2.05) is 12.2 Å². The molecule has 2 amide bonds. The van der Waals surface area contributed by atoms with Crippen LogP contribution >= 0.6 is 0 Å². The monoisotopic (exact) mass is 341 g/mol. The quantitative estimate of drug-likeness (QED) is 0.296. The van der Waals surface area contributed by atoms with Gasteiger partial charge in [0.15, 0.2) is 5.75 Å². The Morgan fingerprint density at radius 1 is 1.16 bits per heavy atom. The van der Waals surface area contributed by atoms with Gasteiger partial charge in [-0.05, 0) is 36.8 Å². The summed E-state index contributed by atoms with van der Waals surface area (Å²) in [6, 6.07) is 3.74. The minimum absolute atomic E-state index is 0.0846. The minimum atomic E-state index is -0.712. The molecular weight excluding hydrogens is 326 g/mol. The molecule has 2 fully saturated rings. The summed E-state index contributed by atoms with van der Waals surface area (Å²) in [6.07, 6.45) is 7.09. The van der Waals surface area contributed by atoms with Crippen molar-refractivity contribution >= 4 is 23.7 Å². The molecule has 8 heteroatoms. The summed E-state index contributed by atoms with van der Waals surface area (Å²) in [4.78, 5) is 35.4. The standard InChI is InChI=1S/C17H15N3O5/c21-13-6-1-9(7-12(13)20(24)25)8-18-19-16(22)14-10-2-3-11(5-4-10)15(14)17(19)23/h1-3,6-8,10-11,14-15,21H,4-5H2/b18-8-/t10-,11+,14-,15+. The molecule has 1 aromatic carbocycles. The number of nitrogens with zero attached hydrogens (tertiary/aromatic N) is 3. The van der Waals surface area contributed by atoms with Crippen molar-refractivity contribution in [3.8, 4) is 5.75 Å². The Bertz CT molecular complexity index is 815. The van der Waals surface area contributed by atoms with Crippen LogP contribution in [0.3, 0.4) is 0 Å². The van der Waals surface area contributed by atoms with Crippen molar-refractivity contribution < 1.29 is 19.6 Å². The van der Waals surface area contributed by atoms with E-state index in [1.54, 1.807) is 0 Å². The third-order valence-corrected chi connectivity index (χ3v) is 5.25. The molecule has 25 heavy (non-hydrogen) atoms. The third-order valence-electron chi connectivity index (χ3n) is 5.25. The highest BCUT2D eigenvalue weighted by atomic mass is 16.6. The number of aromatic hydroxyl groups is 1. The molecule has 1 N–H and O–H groups in total. The number of carbonyl (C=O) groups is 2. The number of fused-ring (bicyclic) bond motifs is 1. The molecule has 2 bridgehead atoms. The summed E-state index contributed by atoms with van der Waals surface area (Å²) < 4.78 is 0. The number of nitro benzene ring substituents is 1. The second-order valence-corrected chi connectivity index (χ2v) is 6.58. The molecule has 0 radical (unpaired) electrons. The summed E-state index contributed by atoms with van der Waals surface area (Å²) in [6.45, 7) is 0. The molecule has 1 saturated carbocycles. The van der Waals surface area contributed by atoms with E-state index >= 15 is 0 Å². The van der Waals surface area contributed by atoms with E-state index in [1.165, 1.54) is 18.3 Å². The van der Waals surface area contributed by atoms with Crippen LogP contribution in [0.1, 0.15) is 18.4 Å². The van der Waals surface area contributed by atoms with Crippen molar-refractivity contribution in [2.45, 2.75) is 12.8 Å². The number of hydrogen-bond acceptors (Lipinski definition) is 6. The van der Waals surface area contributed by atoms with E-state index in [0.717, 1.165) is 23.9 Å². The average molecular weight is 341 g/mol. The second kappa shape index (κ2) is 5.51. The normalized spacial score (nSPS) is 30.3. The van der Waals surface area contributed by atoms with E-state index < -0.39 is 16.4 Å². The van der Waals surface area contributed by atoms with Crippen LogP contribution in [0.4, 0.5) is 5.69 Å². The molecule has 1 aromatic rings. The van der Waals surface area contributed by atoms with Crippen LogP contribution in [0.25, 0.3) is 0 Å². The Morgan fingerprint density at radius 2 is 1.76 bits per heavy atom. The maximum absolute atomic E-state index is 12.6. The molecule has 1 heterocycles. The van der Waals surface area contributed by atoms with Crippen LogP contribution in [0, 0.1) is 33.8 Å². The Balaban J connectivity index is 1.60. The van der Waals surface area contributed by atoms with Crippen LogP contribution in [-0.2, 0) is 9.59 Å². The number of hydrogen-bond donors (Lipinski definition) is 1. The fraction of sp³-hybridized carbons (Fsp3) is 0.353. The first-order chi connectivity index (χ1) is 12.0. The Hall–Kier alpha value is -3.03. The maximum Gasteiger partial charge on any atom is 0.311 e. The fourth-order valence-electron chi connectivity index (χ4n) is 4.06. The average Bonchev–Trinajstić information content (AvgIpc) is 2.88. The molecule has 1 saturated heterocycles. The highest BCUT2D eigenvalue weighted by Gasteiger charge is 2.56. The largest absolute Gasteiger partial charge is 0.502 e. The highest BCUT2D eigenvalue weighted by Crippen LogP contribution is 2.49. The fourth-order valence-corrected chi connectivity index (χ4v) is 4.06. The SMILES string of the molecule is O=C1[C@@H]2[C@H](C(=O)N1/N=C\c1ccc(O)c([N+](=O)[O-])c1)[C@@H]1C=C[C@H]2CC1. The zero-order chi connectivity index (χ0) is 17.7. The minimum Gasteiger partial charge on any atom is -0.502 e. The first-order valence-electron chi connectivity index (χ1n) is 8.05. The van der Waals surface area contributed by atoms with Gasteiger partial charge in [-0.3, -0.25) is 19.7 Å². The smallest absolute Gasteiger partial charge is 0.311 e. The number of carbonyl (C=O) groups excluding carboxylic acids is 2. The lowest BCUT2D eigenvalue weighted by molar-refractivity contribution is -0.385. The molecule has 4 aliphatic rings. The number of amides is 2. The first kappa shape index (κ1) is 15.5. The first-order valence-corrected chi connectivity index (χ1v) is 8.05. The van der Waals surface area contributed by atoms with E-state index in [0.29, 0.717) is 5.56 Å². The van der Waals surface area contributed by atoms with E-state index in [-0.39, 0.29) is 35.5 Å². The van der Waals surface area contributed by atoms with Crippen molar-refractivity contribution in [1.82, 2.24) is 5.01 Å². The van der Waals surface area contributed by atoms with E-state index in [9.17, 15) is 24.8 Å². The second-order valence-electron chi connectivity index (χ2n) is 6.58. The van der Waals surface area contributed by atoms with E-state index in [2.05, 4.69) is 5.10 Å². The highest BCUT2D eigenvalue weighted by molar-refractivity contribution is 6.06. The molecule has 5 rings (SSSR count).